The maximum absolute atomic E-state index is 12.9. The Labute approximate surface area is 165 Å². The van der Waals surface area contributed by atoms with Gasteiger partial charge in [0.15, 0.2) is 5.76 Å². The molecule has 1 fully saturated rings. The van der Waals surface area contributed by atoms with E-state index in [-0.39, 0.29) is 22.6 Å². The summed E-state index contributed by atoms with van der Waals surface area (Å²) in [6, 6.07) is 3.71. The fourth-order valence-electron chi connectivity index (χ4n) is 3.72. The average Bonchev–Trinajstić information content (AvgIpc) is 3.24. The summed E-state index contributed by atoms with van der Waals surface area (Å²) in [7, 11) is -3.63. The molecule has 154 valence electrons. The van der Waals surface area contributed by atoms with Crippen molar-refractivity contribution in [2.75, 3.05) is 13.1 Å². The minimum absolute atomic E-state index is 0.0407. The van der Waals surface area contributed by atoms with E-state index in [4.69, 9.17) is 8.94 Å². The Morgan fingerprint density at radius 3 is 2.50 bits per heavy atom. The summed E-state index contributed by atoms with van der Waals surface area (Å²) >= 11 is 0. The molecule has 0 radical (unpaired) electrons. The maximum Gasteiger partial charge on any atom is 0.248 e. The van der Waals surface area contributed by atoms with E-state index in [2.05, 4.69) is 10.5 Å². The first-order chi connectivity index (χ1) is 13.2. The number of furan rings is 1. The maximum atomic E-state index is 12.9. The number of piperidine rings is 1. The third kappa shape index (κ3) is 4.15. The van der Waals surface area contributed by atoms with Crippen LogP contribution < -0.4 is 5.32 Å². The minimum atomic E-state index is -3.63. The summed E-state index contributed by atoms with van der Waals surface area (Å²) in [5.74, 6) is 1.73. The molecule has 0 aliphatic carbocycles. The molecule has 0 unspecified atom stereocenters. The van der Waals surface area contributed by atoms with Gasteiger partial charge in [-0.25, -0.2) is 8.42 Å². The quantitative estimate of drug-likeness (QED) is 0.786. The number of hydrogen-bond acceptors (Lipinski definition) is 6. The first-order valence-corrected chi connectivity index (χ1v) is 10.9. The van der Waals surface area contributed by atoms with Crippen LogP contribution in [-0.2, 0) is 21.4 Å². The number of nitrogens with one attached hydrogen (secondary N) is 1. The number of amides is 1. The van der Waals surface area contributed by atoms with Crippen LogP contribution in [-0.4, -0.2) is 36.9 Å². The fourth-order valence-corrected chi connectivity index (χ4v) is 5.48. The largest absolute Gasteiger partial charge is 0.465 e. The zero-order valence-electron chi connectivity index (χ0n) is 16.7. The second-order valence-electron chi connectivity index (χ2n) is 7.41. The average molecular weight is 410 g/mol. The first kappa shape index (κ1) is 20.6. The van der Waals surface area contributed by atoms with Crippen LogP contribution in [0.2, 0.25) is 0 Å². The van der Waals surface area contributed by atoms with Crippen molar-refractivity contribution in [2.45, 2.75) is 52.0 Å². The third-order valence-corrected chi connectivity index (χ3v) is 7.56. The van der Waals surface area contributed by atoms with Crippen molar-refractivity contribution in [3.8, 4) is 0 Å². The predicted molar refractivity (Wildman–Crippen MR) is 102 cm³/mol. The molecular formula is C19H27N3O5S. The van der Waals surface area contributed by atoms with Gasteiger partial charge in [-0.05, 0) is 51.7 Å². The molecule has 0 saturated carbocycles. The highest BCUT2D eigenvalue weighted by Crippen LogP contribution is 2.30. The molecule has 1 N–H and O–H groups in total. The van der Waals surface area contributed by atoms with Gasteiger partial charge in [0, 0.05) is 19.0 Å². The van der Waals surface area contributed by atoms with Crippen LogP contribution in [0.25, 0.3) is 0 Å². The molecule has 2 aromatic heterocycles. The zero-order valence-corrected chi connectivity index (χ0v) is 17.5. The second kappa shape index (κ2) is 8.08. The number of rotatable bonds is 6. The number of sulfonamides is 1. The number of aromatic nitrogens is 1. The molecule has 1 amide bonds. The Morgan fingerprint density at radius 2 is 1.96 bits per heavy atom. The van der Waals surface area contributed by atoms with Gasteiger partial charge in [0.2, 0.25) is 15.9 Å². The second-order valence-corrected chi connectivity index (χ2v) is 9.29. The van der Waals surface area contributed by atoms with Gasteiger partial charge in [0.05, 0.1) is 6.54 Å². The van der Waals surface area contributed by atoms with E-state index in [1.807, 2.05) is 26.0 Å². The summed E-state index contributed by atoms with van der Waals surface area (Å²) in [4.78, 5) is 12.6. The fraction of sp³-hybridized carbons (Fsp3) is 0.579. The monoisotopic (exact) mass is 409 g/mol. The zero-order chi connectivity index (χ0) is 20.5. The molecule has 1 saturated heterocycles. The summed E-state index contributed by atoms with van der Waals surface area (Å²) < 4.78 is 37.7. The Bertz CT molecular complexity index is 919. The molecule has 1 aliphatic rings. The highest BCUT2D eigenvalue weighted by Gasteiger charge is 2.36. The van der Waals surface area contributed by atoms with Crippen molar-refractivity contribution in [3.05, 3.63) is 35.1 Å². The Balaban J connectivity index is 1.56. The molecule has 3 rings (SSSR count). The lowest BCUT2D eigenvalue weighted by Crippen LogP contribution is -2.42. The number of hydrogen-bond donors (Lipinski definition) is 1. The van der Waals surface area contributed by atoms with Gasteiger partial charge < -0.3 is 14.3 Å². The van der Waals surface area contributed by atoms with E-state index in [0.29, 0.717) is 43.9 Å². The van der Waals surface area contributed by atoms with E-state index in [1.54, 1.807) is 13.8 Å². The number of aryl methyl sites for hydroxylation is 3. The molecule has 0 aromatic carbocycles. The van der Waals surface area contributed by atoms with Gasteiger partial charge in [-0.2, -0.15) is 4.31 Å². The molecule has 28 heavy (non-hydrogen) atoms. The van der Waals surface area contributed by atoms with E-state index in [1.165, 1.54) is 4.31 Å². The predicted octanol–water partition coefficient (Wildman–Crippen LogP) is 2.55. The topological polar surface area (TPSA) is 106 Å². The van der Waals surface area contributed by atoms with E-state index < -0.39 is 10.0 Å². The van der Waals surface area contributed by atoms with E-state index in [9.17, 15) is 13.2 Å². The third-order valence-electron chi connectivity index (χ3n) is 5.42. The van der Waals surface area contributed by atoms with Gasteiger partial charge in [0.1, 0.15) is 22.1 Å². The first-order valence-electron chi connectivity index (χ1n) is 9.46. The normalized spacial score (nSPS) is 17.6. The van der Waals surface area contributed by atoms with Crippen molar-refractivity contribution in [3.63, 3.8) is 0 Å². The van der Waals surface area contributed by atoms with Crippen LogP contribution in [0, 0.1) is 32.6 Å². The van der Waals surface area contributed by atoms with Gasteiger partial charge in [-0.15, -0.1) is 0 Å². The molecule has 1 aliphatic heterocycles. The molecule has 0 bridgehead atoms. The van der Waals surface area contributed by atoms with Gasteiger partial charge in [0.25, 0.3) is 0 Å². The summed E-state index contributed by atoms with van der Waals surface area (Å²) in [6.45, 7) is 8.11. The van der Waals surface area contributed by atoms with Crippen LogP contribution in [0.3, 0.4) is 0 Å². The molecular weight excluding hydrogens is 382 g/mol. The van der Waals surface area contributed by atoms with Crippen LogP contribution in [0.4, 0.5) is 0 Å². The van der Waals surface area contributed by atoms with E-state index >= 15 is 0 Å². The number of carbonyl (C=O) groups is 1. The number of carbonyl (C=O) groups excluding carboxylic acids is 1. The lowest BCUT2D eigenvalue weighted by molar-refractivity contribution is -0.126. The van der Waals surface area contributed by atoms with E-state index in [0.717, 1.165) is 11.5 Å². The van der Waals surface area contributed by atoms with Crippen LogP contribution in [0.5, 0.6) is 0 Å². The van der Waals surface area contributed by atoms with Crippen LogP contribution in [0.15, 0.2) is 26.0 Å². The highest BCUT2D eigenvalue weighted by molar-refractivity contribution is 7.89. The van der Waals surface area contributed by atoms with Crippen molar-refractivity contribution in [2.24, 2.45) is 11.8 Å². The summed E-state index contributed by atoms with van der Waals surface area (Å²) in [6.07, 6.45) is 1.27. The molecule has 8 nitrogen and oxygen atoms in total. The molecule has 1 atom stereocenters. The highest BCUT2D eigenvalue weighted by atomic mass is 32.2. The van der Waals surface area contributed by atoms with Crippen molar-refractivity contribution in [1.82, 2.24) is 14.8 Å². The Kier molecular flexibility index (Phi) is 5.95. The van der Waals surface area contributed by atoms with Crippen LogP contribution >= 0.6 is 0 Å². The minimum Gasteiger partial charge on any atom is -0.465 e. The standard InChI is InChI=1S/C19H27N3O5S/c1-12-5-6-17(26-12)11-20-19(23)13(2)16-7-9-22(10-8-16)28(24,25)18-14(3)21-27-15(18)4/h5-6,13,16H,7-11H2,1-4H3,(H,20,23)/t13-/m0/s1. The lowest BCUT2D eigenvalue weighted by Gasteiger charge is -2.33. The summed E-state index contributed by atoms with van der Waals surface area (Å²) in [5, 5.41) is 6.65. The lowest BCUT2D eigenvalue weighted by atomic mass is 9.85. The van der Waals surface area contributed by atoms with Crippen molar-refractivity contribution in [1.29, 1.82) is 0 Å². The van der Waals surface area contributed by atoms with Gasteiger partial charge >= 0.3 is 0 Å². The van der Waals surface area contributed by atoms with Gasteiger partial charge in [-0.3, -0.25) is 4.79 Å². The molecule has 3 heterocycles. The molecule has 9 heteroatoms. The number of nitrogens with zero attached hydrogens (tertiary/aromatic N) is 2. The van der Waals surface area contributed by atoms with Crippen molar-refractivity contribution >= 4 is 15.9 Å². The Hall–Kier alpha value is -2.13. The Morgan fingerprint density at radius 1 is 1.29 bits per heavy atom. The molecule has 2 aromatic rings. The van der Waals surface area contributed by atoms with Gasteiger partial charge in [-0.1, -0.05) is 12.1 Å². The van der Waals surface area contributed by atoms with Crippen LogP contribution in [0.1, 0.15) is 42.7 Å². The smallest absolute Gasteiger partial charge is 0.248 e. The SMILES string of the molecule is Cc1ccc(CNC(=O)[C@@H](C)C2CCN(S(=O)(=O)c3c(C)noc3C)CC2)o1. The summed E-state index contributed by atoms with van der Waals surface area (Å²) in [5.41, 5.74) is 0.375. The molecule has 0 spiro atoms. The van der Waals surface area contributed by atoms with Crippen molar-refractivity contribution < 1.29 is 22.2 Å².